The minimum atomic E-state index is -4.38. The third-order valence-corrected chi connectivity index (χ3v) is 3.21. The van der Waals surface area contributed by atoms with E-state index in [9.17, 15) is 13.2 Å². The molecule has 3 aromatic rings. The second-order valence-corrected chi connectivity index (χ2v) is 5.06. The molecule has 24 heavy (non-hydrogen) atoms. The van der Waals surface area contributed by atoms with Crippen LogP contribution in [-0.4, -0.2) is 17.8 Å². The van der Waals surface area contributed by atoms with Crippen LogP contribution >= 0.6 is 0 Å². The summed E-state index contributed by atoms with van der Waals surface area (Å²) in [7, 11) is 0. The lowest BCUT2D eigenvalue weighted by molar-refractivity contribution is -0.153. The molecule has 4 nitrogen and oxygen atoms in total. The van der Waals surface area contributed by atoms with Gasteiger partial charge in [0.05, 0.1) is 0 Å². The van der Waals surface area contributed by atoms with Gasteiger partial charge in [-0.25, -0.2) is 4.98 Å². The molecule has 0 bridgehead atoms. The predicted octanol–water partition coefficient (Wildman–Crippen LogP) is 4.55. The Bertz CT molecular complexity index is 866. The maximum Gasteiger partial charge on any atom is 0.422 e. The van der Waals surface area contributed by atoms with Crippen molar-refractivity contribution in [3.05, 3.63) is 54.7 Å². The van der Waals surface area contributed by atoms with E-state index < -0.39 is 12.8 Å². The Morgan fingerprint density at radius 2 is 1.67 bits per heavy atom. The molecule has 0 aliphatic heterocycles. The van der Waals surface area contributed by atoms with Crippen molar-refractivity contribution in [1.29, 1.82) is 0 Å². The van der Waals surface area contributed by atoms with Crippen LogP contribution in [-0.2, 0) is 0 Å². The lowest BCUT2D eigenvalue weighted by Gasteiger charge is -2.11. The van der Waals surface area contributed by atoms with Crippen LogP contribution in [0.1, 0.15) is 0 Å². The van der Waals surface area contributed by atoms with Crippen LogP contribution in [0.25, 0.3) is 10.8 Å². The molecule has 2 N–H and O–H groups in total. The number of halogens is 3. The average Bonchev–Trinajstić information content (AvgIpc) is 2.54. The second-order valence-electron chi connectivity index (χ2n) is 5.06. The second kappa shape index (κ2) is 6.27. The van der Waals surface area contributed by atoms with E-state index in [-0.39, 0.29) is 11.6 Å². The van der Waals surface area contributed by atoms with Gasteiger partial charge < -0.3 is 15.2 Å². The summed E-state index contributed by atoms with van der Waals surface area (Å²) in [5.74, 6) is 1.29. The van der Waals surface area contributed by atoms with Gasteiger partial charge in [0, 0.05) is 6.20 Å². The largest absolute Gasteiger partial charge is 0.484 e. The zero-order valence-corrected chi connectivity index (χ0v) is 12.4. The van der Waals surface area contributed by atoms with E-state index in [0.717, 1.165) is 5.39 Å². The Kier molecular flexibility index (Phi) is 4.16. The number of nitrogen functional groups attached to an aromatic ring is 1. The molecule has 2 aromatic carbocycles. The molecule has 0 spiro atoms. The fraction of sp³-hybridized carbons (Fsp3) is 0.118. The molecule has 0 aliphatic carbocycles. The van der Waals surface area contributed by atoms with Crippen LogP contribution < -0.4 is 15.2 Å². The highest BCUT2D eigenvalue weighted by Gasteiger charge is 2.28. The molecule has 1 heterocycles. The summed E-state index contributed by atoms with van der Waals surface area (Å²) in [5.41, 5.74) is 5.72. The summed E-state index contributed by atoms with van der Waals surface area (Å²) in [6.07, 6.45) is -2.83. The van der Waals surface area contributed by atoms with E-state index in [1.165, 1.54) is 12.1 Å². The van der Waals surface area contributed by atoms with Gasteiger partial charge in [0.15, 0.2) is 18.2 Å². The van der Waals surface area contributed by atoms with Crippen molar-refractivity contribution in [2.75, 3.05) is 12.3 Å². The first-order valence-corrected chi connectivity index (χ1v) is 7.02. The van der Waals surface area contributed by atoms with E-state index in [1.54, 1.807) is 42.6 Å². The van der Waals surface area contributed by atoms with Crippen molar-refractivity contribution < 1.29 is 22.6 Å². The van der Waals surface area contributed by atoms with Crippen molar-refractivity contribution in [3.63, 3.8) is 0 Å². The van der Waals surface area contributed by atoms with Crippen LogP contribution in [0.3, 0.4) is 0 Å². The Morgan fingerprint density at radius 1 is 0.958 bits per heavy atom. The molecule has 0 radical (unpaired) electrons. The van der Waals surface area contributed by atoms with E-state index >= 15 is 0 Å². The molecular weight excluding hydrogens is 321 g/mol. The molecule has 0 aliphatic rings. The number of anilines is 1. The van der Waals surface area contributed by atoms with Gasteiger partial charge >= 0.3 is 6.18 Å². The number of benzene rings is 2. The zero-order valence-electron chi connectivity index (χ0n) is 12.4. The van der Waals surface area contributed by atoms with Crippen LogP contribution in [0.2, 0.25) is 0 Å². The number of hydrogen-bond donors (Lipinski definition) is 1. The quantitative estimate of drug-likeness (QED) is 0.760. The topological polar surface area (TPSA) is 57.4 Å². The van der Waals surface area contributed by atoms with Crippen LogP contribution in [0.5, 0.6) is 17.2 Å². The molecular formula is C17H13F3N2O2. The normalized spacial score (nSPS) is 11.5. The molecule has 0 saturated carbocycles. The number of hydrogen-bond acceptors (Lipinski definition) is 4. The zero-order chi connectivity index (χ0) is 17.2. The molecule has 0 saturated heterocycles. The van der Waals surface area contributed by atoms with Crippen molar-refractivity contribution in [3.8, 4) is 17.2 Å². The number of nitrogens with zero attached hydrogens (tertiary/aromatic N) is 1. The summed E-state index contributed by atoms with van der Waals surface area (Å²) in [6, 6.07) is 13.3. The molecule has 0 unspecified atom stereocenters. The molecule has 1 aromatic heterocycles. The summed E-state index contributed by atoms with van der Waals surface area (Å²) in [4.78, 5) is 3.93. The maximum atomic E-state index is 12.2. The van der Waals surface area contributed by atoms with Crippen molar-refractivity contribution >= 4 is 16.6 Å². The maximum absolute atomic E-state index is 12.2. The minimum absolute atomic E-state index is 0.137. The lowest BCUT2D eigenvalue weighted by Crippen LogP contribution is -2.19. The van der Waals surface area contributed by atoms with Gasteiger partial charge in [-0.05, 0) is 47.2 Å². The van der Waals surface area contributed by atoms with E-state index in [0.29, 0.717) is 16.9 Å². The first-order chi connectivity index (χ1) is 11.4. The van der Waals surface area contributed by atoms with Crippen LogP contribution in [0.15, 0.2) is 54.7 Å². The predicted molar refractivity (Wildman–Crippen MR) is 84.2 cm³/mol. The Hall–Kier alpha value is -2.96. The Morgan fingerprint density at radius 3 is 2.38 bits per heavy atom. The molecule has 0 fully saturated rings. The van der Waals surface area contributed by atoms with E-state index in [2.05, 4.69) is 4.98 Å². The minimum Gasteiger partial charge on any atom is -0.484 e. The van der Waals surface area contributed by atoms with Crippen LogP contribution in [0.4, 0.5) is 19.0 Å². The number of aromatic nitrogens is 1. The first kappa shape index (κ1) is 15.9. The van der Waals surface area contributed by atoms with E-state index in [1.807, 2.05) is 0 Å². The van der Waals surface area contributed by atoms with Gasteiger partial charge in [0.2, 0.25) is 0 Å². The lowest BCUT2D eigenvalue weighted by atomic mass is 10.1. The third kappa shape index (κ3) is 3.87. The van der Waals surface area contributed by atoms with Crippen molar-refractivity contribution in [2.45, 2.75) is 6.18 Å². The molecule has 3 rings (SSSR count). The van der Waals surface area contributed by atoms with Gasteiger partial charge in [0.1, 0.15) is 11.5 Å². The molecule has 0 amide bonds. The average molecular weight is 334 g/mol. The third-order valence-electron chi connectivity index (χ3n) is 3.21. The van der Waals surface area contributed by atoms with Crippen molar-refractivity contribution in [1.82, 2.24) is 4.98 Å². The summed E-state index contributed by atoms with van der Waals surface area (Å²) >= 11 is 0. The van der Waals surface area contributed by atoms with Gasteiger partial charge in [-0.2, -0.15) is 13.2 Å². The summed E-state index contributed by atoms with van der Waals surface area (Å²) in [5, 5.41) is 1.54. The number of rotatable bonds is 4. The van der Waals surface area contributed by atoms with Gasteiger partial charge in [-0.15, -0.1) is 0 Å². The standard InChI is InChI=1S/C17H13F3N2O2/c18-17(19,20)10-23-13-5-3-11-4-6-14(9-12(11)8-13)24-15-2-1-7-22-16(15)21/h1-9H,10H2,(H2,21,22). The highest BCUT2D eigenvalue weighted by atomic mass is 19.4. The van der Waals surface area contributed by atoms with Crippen LogP contribution in [0, 0.1) is 0 Å². The molecule has 124 valence electrons. The number of ether oxygens (including phenoxy) is 2. The fourth-order valence-electron chi connectivity index (χ4n) is 2.14. The Labute approximate surface area is 135 Å². The number of alkyl halides is 3. The number of nitrogens with two attached hydrogens (primary N) is 1. The van der Waals surface area contributed by atoms with Crippen molar-refractivity contribution in [2.24, 2.45) is 0 Å². The highest BCUT2D eigenvalue weighted by Crippen LogP contribution is 2.30. The first-order valence-electron chi connectivity index (χ1n) is 7.02. The van der Waals surface area contributed by atoms with Gasteiger partial charge in [-0.3, -0.25) is 0 Å². The fourth-order valence-corrected chi connectivity index (χ4v) is 2.14. The van der Waals surface area contributed by atoms with Gasteiger partial charge in [-0.1, -0.05) is 12.1 Å². The Balaban J connectivity index is 1.85. The van der Waals surface area contributed by atoms with E-state index in [4.69, 9.17) is 15.2 Å². The SMILES string of the molecule is Nc1ncccc1Oc1ccc2ccc(OCC(F)(F)F)cc2c1. The molecule has 0 atom stereocenters. The summed E-state index contributed by atoms with van der Waals surface area (Å²) in [6.45, 7) is -1.33. The smallest absolute Gasteiger partial charge is 0.422 e. The monoisotopic (exact) mass is 334 g/mol. The van der Waals surface area contributed by atoms with Gasteiger partial charge in [0.25, 0.3) is 0 Å². The molecule has 7 heteroatoms. The summed E-state index contributed by atoms with van der Waals surface area (Å²) < 4.78 is 47.1. The number of fused-ring (bicyclic) bond motifs is 1. The number of pyridine rings is 1. The highest BCUT2D eigenvalue weighted by molar-refractivity contribution is 5.85.